The van der Waals surface area contributed by atoms with Gasteiger partial charge in [-0.2, -0.15) is 0 Å². The molecule has 0 aromatic carbocycles. The summed E-state index contributed by atoms with van der Waals surface area (Å²) in [6.45, 7) is 3.36. The highest BCUT2D eigenvalue weighted by atomic mass is 79.9. The molecule has 3 nitrogen and oxygen atoms in total. The number of rotatable bonds is 3. The molecule has 1 aliphatic carbocycles. The zero-order valence-corrected chi connectivity index (χ0v) is 13.8. The molecule has 0 spiro atoms. The maximum absolute atomic E-state index is 7.00. The maximum Gasteiger partial charge on any atom is 0.127 e. The van der Waals surface area contributed by atoms with Crippen LogP contribution in [0.2, 0.25) is 5.02 Å². The van der Waals surface area contributed by atoms with Gasteiger partial charge in [0.25, 0.3) is 0 Å². The van der Waals surface area contributed by atoms with E-state index in [1.807, 2.05) is 6.07 Å². The monoisotopic (exact) mass is 348 g/mol. The summed E-state index contributed by atoms with van der Waals surface area (Å²) in [4.78, 5) is 4.30. The van der Waals surface area contributed by atoms with Gasteiger partial charge >= 0.3 is 0 Å². The lowest BCUT2D eigenvalue weighted by Crippen LogP contribution is -2.20. The Morgan fingerprint density at radius 3 is 2.58 bits per heavy atom. The Balaban J connectivity index is 0.000000861. The largest absolute Gasteiger partial charge is 0.400 e. The van der Waals surface area contributed by atoms with Gasteiger partial charge in [0.1, 0.15) is 5.82 Å². The zero-order valence-electron chi connectivity index (χ0n) is 11.5. The fourth-order valence-corrected chi connectivity index (χ4v) is 2.66. The van der Waals surface area contributed by atoms with E-state index in [1.165, 1.54) is 25.7 Å². The van der Waals surface area contributed by atoms with Gasteiger partial charge in [0, 0.05) is 25.9 Å². The van der Waals surface area contributed by atoms with Gasteiger partial charge in [0.2, 0.25) is 0 Å². The summed E-state index contributed by atoms with van der Waals surface area (Å²) in [5.41, 5.74) is 0. The summed E-state index contributed by atoms with van der Waals surface area (Å²) >= 11 is 9.37. The number of pyridine rings is 1. The molecule has 1 aliphatic rings. The Bertz CT molecular complexity index is 382. The molecule has 1 fully saturated rings. The third-order valence-electron chi connectivity index (χ3n) is 3.52. The van der Waals surface area contributed by atoms with Crippen molar-refractivity contribution in [2.45, 2.75) is 32.6 Å². The van der Waals surface area contributed by atoms with Crippen molar-refractivity contribution in [3.8, 4) is 0 Å². The van der Waals surface area contributed by atoms with Crippen LogP contribution in [0.15, 0.2) is 16.7 Å². The molecular formula is C14H22BrClN2O. The quantitative estimate of drug-likeness (QED) is 0.853. The van der Waals surface area contributed by atoms with Gasteiger partial charge in [-0.25, -0.2) is 4.98 Å². The van der Waals surface area contributed by atoms with E-state index < -0.39 is 0 Å². The summed E-state index contributed by atoms with van der Waals surface area (Å²) in [6, 6.07) is 1.87. The number of hydrogen-bond acceptors (Lipinski definition) is 3. The van der Waals surface area contributed by atoms with Gasteiger partial charge in [-0.1, -0.05) is 31.4 Å². The summed E-state index contributed by atoms with van der Waals surface area (Å²) in [5.74, 6) is 2.57. The summed E-state index contributed by atoms with van der Waals surface area (Å²) in [5, 5.41) is 11.1. The topological polar surface area (TPSA) is 45.2 Å². The average molecular weight is 350 g/mol. The van der Waals surface area contributed by atoms with Crippen LogP contribution in [0, 0.1) is 11.8 Å². The van der Waals surface area contributed by atoms with Crippen LogP contribution in [0.5, 0.6) is 0 Å². The highest BCUT2D eigenvalue weighted by Gasteiger charge is 2.17. The molecule has 0 atom stereocenters. The zero-order chi connectivity index (χ0) is 14.3. The summed E-state index contributed by atoms with van der Waals surface area (Å²) < 4.78 is 0.844. The number of halogens is 2. The van der Waals surface area contributed by atoms with Crippen molar-refractivity contribution < 1.29 is 5.11 Å². The Labute approximate surface area is 128 Å². The van der Waals surface area contributed by atoms with Crippen molar-refractivity contribution in [1.29, 1.82) is 0 Å². The fourth-order valence-electron chi connectivity index (χ4n) is 2.29. The van der Waals surface area contributed by atoms with Crippen LogP contribution in [0.25, 0.3) is 0 Å². The van der Waals surface area contributed by atoms with Crippen LogP contribution in [-0.2, 0) is 0 Å². The second kappa shape index (κ2) is 8.77. The second-order valence-corrected chi connectivity index (χ2v) is 6.25. The summed E-state index contributed by atoms with van der Waals surface area (Å²) in [7, 11) is 1.00. The van der Waals surface area contributed by atoms with E-state index in [9.17, 15) is 0 Å². The van der Waals surface area contributed by atoms with E-state index in [0.29, 0.717) is 5.02 Å². The Morgan fingerprint density at radius 2 is 2.00 bits per heavy atom. The SMILES string of the molecule is CC1CCC(CNc2cc(Cl)c(Br)cn2)CC1.CO. The molecule has 0 bridgehead atoms. The molecule has 2 rings (SSSR count). The molecular weight excluding hydrogens is 328 g/mol. The first-order valence-electron chi connectivity index (χ1n) is 6.65. The molecule has 2 N–H and O–H groups in total. The van der Waals surface area contributed by atoms with Gasteiger partial charge in [0.15, 0.2) is 0 Å². The Hall–Kier alpha value is -0.320. The number of hydrogen-bond donors (Lipinski definition) is 2. The molecule has 0 amide bonds. The van der Waals surface area contributed by atoms with Crippen molar-refractivity contribution in [3.63, 3.8) is 0 Å². The molecule has 108 valence electrons. The van der Waals surface area contributed by atoms with Crippen LogP contribution >= 0.6 is 27.5 Å². The minimum atomic E-state index is 0.708. The highest BCUT2D eigenvalue weighted by molar-refractivity contribution is 9.10. The molecule has 1 aromatic heterocycles. The number of nitrogens with one attached hydrogen (secondary N) is 1. The van der Waals surface area contributed by atoms with Crippen LogP contribution in [0.3, 0.4) is 0 Å². The predicted octanol–water partition coefficient (Wildman–Crippen LogP) is 4.34. The van der Waals surface area contributed by atoms with Crippen molar-refractivity contribution in [2.24, 2.45) is 11.8 Å². The number of anilines is 1. The first-order chi connectivity index (χ1) is 9.15. The minimum Gasteiger partial charge on any atom is -0.400 e. The number of aliphatic hydroxyl groups excluding tert-OH is 1. The molecule has 0 aliphatic heterocycles. The van der Waals surface area contributed by atoms with Crippen molar-refractivity contribution in [1.82, 2.24) is 4.98 Å². The molecule has 1 saturated carbocycles. The average Bonchev–Trinajstić information content (AvgIpc) is 2.44. The smallest absolute Gasteiger partial charge is 0.127 e. The molecule has 0 radical (unpaired) electrons. The Morgan fingerprint density at radius 1 is 1.37 bits per heavy atom. The minimum absolute atomic E-state index is 0.708. The predicted molar refractivity (Wildman–Crippen MR) is 84.7 cm³/mol. The van der Waals surface area contributed by atoms with Crippen molar-refractivity contribution in [2.75, 3.05) is 19.0 Å². The number of nitrogens with zero attached hydrogens (tertiary/aromatic N) is 1. The van der Waals surface area contributed by atoms with Crippen LogP contribution < -0.4 is 5.32 Å². The van der Waals surface area contributed by atoms with E-state index in [-0.39, 0.29) is 0 Å². The standard InChI is InChI=1S/C13H18BrClN2.CH4O/c1-9-2-4-10(5-3-9)7-16-13-6-12(15)11(14)8-17-13;1-2/h6,8-10H,2-5,7H2,1H3,(H,16,17);2H,1H3. The van der Waals surface area contributed by atoms with E-state index >= 15 is 0 Å². The van der Waals surface area contributed by atoms with E-state index in [2.05, 4.69) is 33.2 Å². The number of aliphatic hydroxyl groups is 1. The molecule has 1 heterocycles. The van der Waals surface area contributed by atoms with Gasteiger partial charge in [-0.15, -0.1) is 0 Å². The first-order valence-corrected chi connectivity index (χ1v) is 7.82. The van der Waals surface area contributed by atoms with Crippen molar-refractivity contribution >= 4 is 33.3 Å². The Kier molecular flexibility index (Phi) is 7.73. The molecule has 1 aromatic rings. The molecule has 0 unspecified atom stereocenters. The van der Waals surface area contributed by atoms with Gasteiger partial charge < -0.3 is 10.4 Å². The third-order valence-corrected chi connectivity index (χ3v) is 4.69. The molecule has 5 heteroatoms. The molecule has 19 heavy (non-hydrogen) atoms. The number of aromatic nitrogens is 1. The van der Waals surface area contributed by atoms with Gasteiger partial charge in [-0.3, -0.25) is 0 Å². The van der Waals surface area contributed by atoms with Crippen LogP contribution in [-0.4, -0.2) is 23.7 Å². The lowest BCUT2D eigenvalue weighted by atomic mass is 9.83. The molecule has 0 saturated heterocycles. The van der Waals surface area contributed by atoms with E-state index in [1.54, 1.807) is 6.20 Å². The lowest BCUT2D eigenvalue weighted by molar-refractivity contribution is 0.300. The van der Waals surface area contributed by atoms with Crippen LogP contribution in [0.4, 0.5) is 5.82 Å². The first kappa shape index (κ1) is 16.7. The highest BCUT2D eigenvalue weighted by Crippen LogP contribution is 2.29. The van der Waals surface area contributed by atoms with Gasteiger partial charge in [0.05, 0.1) is 9.50 Å². The second-order valence-electron chi connectivity index (χ2n) is 4.99. The lowest BCUT2D eigenvalue weighted by Gasteiger charge is -2.26. The third kappa shape index (κ3) is 5.67. The van der Waals surface area contributed by atoms with E-state index in [0.717, 1.165) is 35.8 Å². The summed E-state index contributed by atoms with van der Waals surface area (Å²) in [6.07, 6.45) is 7.13. The van der Waals surface area contributed by atoms with Gasteiger partial charge in [-0.05, 0) is 40.6 Å². The fraction of sp³-hybridized carbons (Fsp3) is 0.643. The van der Waals surface area contributed by atoms with Crippen molar-refractivity contribution in [3.05, 3.63) is 21.8 Å². The normalized spacial score (nSPS) is 22.4. The maximum atomic E-state index is 7.00. The van der Waals surface area contributed by atoms with E-state index in [4.69, 9.17) is 16.7 Å². The van der Waals surface area contributed by atoms with Crippen LogP contribution in [0.1, 0.15) is 32.6 Å².